The molecule has 23 heavy (non-hydrogen) atoms. The second kappa shape index (κ2) is 6.88. The van der Waals surface area contributed by atoms with E-state index in [1.807, 2.05) is 73.7 Å². The average Bonchev–Trinajstić information content (AvgIpc) is 2.61. The molecule has 0 atom stereocenters. The zero-order valence-corrected chi connectivity index (χ0v) is 13.0. The number of aromatic nitrogens is 1. The summed E-state index contributed by atoms with van der Waals surface area (Å²) in [5, 5.41) is 0. The van der Waals surface area contributed by atoms with E-state index in [-0.39, 0.29) is 5.91 Å². The molecule has 0 saturated heterocycles. The van der Waals surface area contributed by atoms with Crippen molar-refractivity contribution in [3.8, 4) is 0 Å². The van der Waals surface area contributed by atoms with Gasteiger partial charge in [-0.1, -0.05) is 54.6 Å². The van der Waals surface area contributed by atoms with Crippen LogP contribution >= 0.6 is 0 Å². The topological polar surface area (TPSA) is 33.2 Å². The van der Waals surface area contributed by atoms with E-state index in [4.69, 9.17) is 0 Å². The van der Waals surface area contributed by atoms with Crippen LogP contribution in [-0.2, 0) is 6.54 Å². The van der Waals surface area contributed by atoms with Gasteiger partial charge in [-0.15, -0.1) is 0 Å². The Morgan fingerprint density at radius 1 is 0.913 bits per heavy atom. The third-order valence-electron chi connectivity index (χ3n) is 3.72. The van der Waals surface area contributed by atoms with Crippen LogP contribution in [0.4, 0.5) is 5.69 Å². The van der Waals surface area contributed by atoms with Crippen LogP contribution in [0.3, 0.4) is 0 Å². The minimum atomic E-state index is -0.0937. The standard InChI is InChI=1S/C20H18N2O/c1-16-9-5-6-13-19(16)22(15-17-10-3-2-4-11-17)20(23)18-12-7-8-14-21-18/h2-14H,15H2,1H3. The van der Waals surface area contributed by atoms with Gasteiger partial charge in [0.2, 0.25) is 0 Å². The van der Waals surface area contributed by atoms with Gasteiger partial charge in [0, 0.05) is 11.9 Å². The van der Waals surface area contributed by atoms with Crippen LogP contribution < -0.4 is 4.90 Å². The van der Waals surface area contributed by atoms with Crippen LogP contribution in [0.5, 0.6) is 0 Å². The summed E-state index contributed by atoms with van der Waals surface area (Å²) in [5.74, 6) is -0.0937. The Bertz CT molecular complexity index is 785. The highest BCUT2D eigenvalue weighted by Gasteiger charge is 2.20. The Hall–Kier alpha value is -2.94. The van der Waals surface area contributed by atoms with Crippen LogP contribution in [0.15, 0.2) is 79.0 Å². The number of carbonyl (C=O) groups excluding carboxylic acids is 1. The molecule has 0 aliphatic rings. The zero-order chi connectivity index (χ0) is 16.1. The fourth-order valence-electron chi connectivity index (χ4n) is 2.53. The molecular formula is C20H18N2O. The summed E-state index contributed by atoms with van der Waals surface area (Å²) in [6.07, 6.45) is 1.64. The van der Waals surface area contributed by atoms with Crippen molar-refractivity contribution in [2.24, 2.45) is 0 Å². The Labute approximate surface area is 136 Å². The minimum Gasteiger partial charge on any atom is -0.302 e. The number of benzene rings is 2. The Kier molecular flexibility index (Phi) is 4.48. The summed E-state index contributed by atoms with van der Waals surface area (Å²) in [7, 11) is 0. The Morgan fingerprint density at radius 3 is 2.30 bits per heavy atom. The maximum absolute atomic E-state index is 13.0. The monoisotopic (exact) mass is 302 g/mol. The molecule has 3 heteroatoms. The number of amides is 1. The molecule has 0 spiro atoms. The van der Waals surface area contributed by atoms with Crippen molar-refractivity contribution in [3.05, 3.63) is 95.8 Å². The molecule has 0 unspecified atom stereocenters. The van der Waals surface area contributed by atoms with Crippen molar-refractivity contribution in [2.75, 3.05) is 4.90 Å². The van der Waals surface area contributed by atoms with Crippen molar-refractivity contribution in [1.29, 1.82) is 0 Å². The van der Waals surface area contributed by atoms with Gasteiger partial charge in [-0.2, -0.15) is 0 Å². The first kappa shape index (κ1) is 15.0. The molecule has 3 aromatic rings. The van der Waals surface area contributed by atoms with Gasteiger partial charge in [0.1, 0.15) is 5.69 Å². The van der Waals surface area contributed by atoms with E-state index in [0.717, 1.165) is 16.8 Å². The number of aryl methyl sites for hydroxylation is 1. The number of hydrogen-bond donors (Lipinski definition) is 0. The maximum atomic E-state index is 13.0. The van der Waals surface area contributed by atoms with E-state index in [0.29, 0.717) is 12.2 Å². The van der Waals surface area contributed by atoms with E-state index in [9.17, 15) is 4.79 Å². The van der Waals surface area contributed by atoms with Gasteiger partial charge in [-0.25, -0.2) is 0 Å². The number of para-hydroxylation sites is 1. The lowest BCUT2D eigenvalue weighted by Crippen LogP contribution is -2.31. The molecule has 1 aromatic heterocycles. The first-order chi connectivity index (χ1) is 11.3. The molecule has 3 rings (SSSR count). The number of pyridine rings is 1. The first-order valence-corrected chi connectivity index (χ1v) is 7.58. The summed E-state index contributed by atoms with van der Waals surface area (Å²) in [6, 6.07) is 23.3. The average molecular weight is 302 g/mol. The molecule has 0 aliphatic heterocycles. The quantitative estimate of drug-likeness (QED) is 0.722. The van der Waals surface area contributed by atoms with Gasteiger partial charge >= 0.3 is 0 Å². The van der Waals surface area contributed by atoms with Crippen molar-refractivity contribution < 1.29 is 4.79 Å². The SMILES string of the molecule is Cc1ccccc1N(Cc1ccccc1)C(=O)c1ccccn1. The predicted octanol–water partition coefficient (Wildman–Crippen LogP) is 4.24. The molecule has 0 bridgehead atoms. The summed E-state index contributed by atoms with van der Waals surface area (Å²) in [6.45, 7) is 2.53. The summed E-state index contributed by atoms with van der Waals surface area (Å²) in [5.41, 5.74) is 3.51. The molecule has 0 saturated carbocycles. The summed E-state index contributed by atoms with van der Waals surface area (Å²) in [4.78, 5) is 19.0. The number of rotatable bonds is 4. The van der Waals surface area contributed by atoms with Crippen molar-refractivity contribution >= 4 is 11.6 Å². The van der Waals surface area contributed by atoms with Crippen LogP contribution in [0, 0.1) is 6.92 Å². The molecule has 0 aliphatic carbocycles. The van der Waals surface area contributed by atoms with Crippen LogP contribution in [-0.4, -0.2) is 10.9 Å². The third kappa shape index (κ3) is 3.46. The lowest BCUT2D eigenvalue weighted by molar-refractivity contribution is 0.0980. The fraction of sp³-hybridized carbons (Fsp3) is 0.100. The van der Waals surface area contributed by atoms with Gasteiger partial charge in [0.05, 0.1) is 6.54 Å². The van der Waals surface area contributed by atoms with Crippen molar-refractivity contribution in [3.63, 3.8) is 0 Å². The Morgan fingerprint density at radius 2 is 1.61 bits per heavy atom. The molecular weight excluding hydrogens is 284 g/mol. The molecule has 114 valence electrons. The van der Waals surface area contributed by atoms with Gasteiger partial charge in [0.15, 0.2) is 0 Å². The molecule has 0 fully saturated rings. The molecule has 2 aromatic carbocycles. The molecule has 3 nitrogen and oxygen atoms in total. The van der Waals surface area contributed by atoms with E-state index in [1.54, 1.807) is 17.2 Å². The highest BCUT2D eigenvalue weighted by molar-refractivity contribution is 6.05. The predicted molar refractivity (Wildman–Crippen MR) is 92.4 cm³/mol. The highest BCUT2D eigenvalue weighted by Crippen LogP contribution is 2.23. The van der Waals surface area contributed by atoms with E-state index < -0.39 is 0 Å². The largest absolute Gasteiger partial charge is 0.302 e. The maximum Gasteiger partial charge on any atom is 0.277 e. The van der Waals surface area contributed by atoms with Crippen LogP contribution in [0.2, 0.25) is 0 Å². The number of nitrogens with zero attached hydrogens (tertiary/aromatic N) is 2. The van der Waals surface area contributed by atoms with Crippen LogP contribution in [0.25, 0.3) is 0 Å². The Balaban J connectivity index is 2.00. The van der Waals surface area contributed by atoms with Gasteiger partial charge in [-0.3, -0.25) is 9.78 Å². The fourth-order valence-corrected chi connectivity index (χ4v) is 2.53. The molecule has 1 heterocycles. The highest BCUT2D eigenvalue weighted by atomic mass is 16.2. The first-order valence-electron chi connectivity index (χ1n) is 7.58. The lowest BCUT2D eigenvalue weighted by atomic mass is 10.1. The van der Waals surface area contributed by atoms with E-state index in [2.05, 4.69) is 4.98 Å². The second-order valence-corrected chi connectivity index (χ2v) is 5.38. The van der Waals surface area contributed by atoms with Crippen molar-refractivity contribution in [2.45, 2.75) is 13.5 Å². The molecule has 1 amide bonds. The van der Waals surface area contributed by atoms with E-state index >= 15 is 0 Å². The smallest absolute Gasteiger partial charge is 0.277 e. The number of hydrogen-bond acceptors (Lipinski definition) is 2. The third-order valence-corrected chi connectivity index (χ3v) is 3.72. The zero-order valence-electron chi connectivity index (χ0n) is 13.0. The summed E-state index contributed by atoms with van der Waals surface area (Å²) >= 11 is 0. The molecule has 0 N–H and O–H groups in total. The number of anilines is 1. The van der Waals surface area contributed by atoms with Gasteiger partial charge in [-0.05, 0) is 36.2 Å². The van der Waals surface area contributed by atoms with Gasteiger partial charge in [0.25, 0.3) is 5.91 Å². The minimum absolute atomic E-state index is 0.0937. The number of carbonyl (C=O) groups is 1. The van der Waals surface area contributed by atoms with Gasteiger partial charge < -0.3 is 4.90 Å². The molecule has 0 radical (unpaired) electrons. The normalized spacial score (nSPS) is 10.3. The summed E-state index contributed by atoms with van der Waals surface area (Å²) < 4.78 is 0. The van der Waals surface area contributed by atoms with E-state index in [1.165, 1.54) is 0 Å². The van der Waals surface area contributed by atoms with Crippen LogP contribution in [0.1, 0.15) is 21.6 Å². The lowest BCUT2D eigenvalue weighted by Gasteiger charge is -2.24. The van der Waals surface area contributed by atoms with Crippen molar-refractivity contribution in [1.82, 2.24) is 4.98 Å². The second-order valence-electron chi connectivity index (χ2n) is 5.38.